The first kappa shape index (κ1) is 15.9. The van der Waals surface area contributed by atoms with Crippen LogP contribution in [0.3, 0.4) is 0 Å². The average molecular weight is 288 g/mol. The van der Waals surface area contributed by atoms with E-state index in [1.807, 2.05) is 0 Å². The summed E-state index contributed by atoms with van der Waals surface area (Å²) >= 11 is 0. The van der Waals surface area contributed by atoms with Crippen LogP contribution >= 0.6 is 0 Å². The zero-order valence-corrected chi connectivity index (χ0v) is 11.8. The molecule has 7 heteroatoms. The highest BCUT2D eigenvalue weighted by atomic mass is 32.2. The van der Waals surface area contributed by atoms with E-state index >= 15 is 0 Å². The van der Waals surface area contributed by atoms with Crippen molar-refractivity contribution in [3.63, 3.8) is 0 Å². The van der Waals surface area contributed by atoms with Crippen molar-refractivity contribution < 1.29 is 13.2 Å². The molecule has 0 radical (unpaired) electrons. The van der Waals surface area contributed by atoms with Gasteiger partial charge < -0.3 is 9.72 Å². The fraction of sp³-hybridized carbons (Fsp3) is 0.583. The molecule has 1 heterocycles. The molecule has 6 nitrogen and oxygen atoms in total. The van der Waals surface area contributed by atoms with E-state index in [4.69, 9.17) is 4.74 Å². The van der Waals surface area contributed by atoms with Crippen LogP contribution in [0.2, 0.25) is 0 Å². The van der Waals surface area contributed by atoms with Crippen LogP contribution in [0.15, 0.2) is 28.0 Å². The molecule has 108 valence electrons. The molecule has 0 fully saturated rings. The summed E-state index contributed by atoms with van der Waals surface area (Å²) in [6.45, 7) is 3.65. The minimum Gasteiger partial charge on any atom is -0.381 e. The van der Waals surface area contributed by atoms with Gasteiger partial charge in [-0.3, -0.25) is 4.79 Å². The van der Waals surface area contributed by atoms with Crippen LogP contribution in [0.1, 0.15) is 26.2 Å². The van der Waals surface area contributed by atoms with Crippen LogP contribution in [0.4, 0.5) is 0 Å². The second-order valence-corrected chi connectivity index (χ2v) is 5.87. The van der Waals surface area contributed by atoms with E-state index < -0.39 is 10.0 Å². The van der Waals surface area contributed by atoms with Gasteiger partial charge in [-0.05, 0) is 18.9 Å². The number of rotatable bonds is 9. The standard InChI is InChI=1S/C12H20N2O4S/c1-2-3-8-18-9-4-7-14-19(16,17)11-5-6-12(15)13-10-11/h5-6,10,14H,2-4,7-9H2,1H3,(H,13,15). The number of ether oxygens (including phenoxy) is 1. The van der Waals surface area contributed by atoms with Gasteiger partial charge in [-0.2, -0.15) is 0 Å². The van der Waals surface area contributed by atoms with Gasteiger partial charge in [0.05, 0.1) is 4.90 Å². The van der Waals surface area contributed by atoms with E-state index in [1.54, 1.807) is 0 Å². The number of hydrogen-bond donors (Lipinski definition) is 2. The van der Waals surface area contributed by atoms with Gasteiger partial charge in [-0.1, -0.05) is 13.3 Å². The Kier molecular flexibility index (Phi) is 6.75. The number of aromatic amines is 1. The van der Waals surface area contributed by atoms with Gasteiger partial charge in [0.2, 0.25) is 15.6 Å². The predicted octanol–water partition coefficient (Wildman–Crippen LogP) is 0.860. The molecule has 0 aliphatic rings. The van der Waals surface area contributed by atoms with Gasteiger partial charge in [0.1, 0.15) is 0 Å². The third-order valence-electron chi connectivity index (χ3n) is 2.47. The number of hydrogen-bond acceptors (Lipinski definition) is 4. The number of aromatic nitrogens is 1. The summed E-state index contributed by atoms with van der Waals surface area (Å²) in [6.07, 6.45) is 3.90. The summed E-state index contributed by atoms with van der Waals surface area (Å²) in [4.78, 5) is 13.2. The highest BCUT2D eigenvalue weighted by Gasteiger charge is 2.12. The topological polar surface area (TPSA) is 88.3 Å². The number of pyridine rings is 1. The van der Waals surface area contributed by atoms with E-state index in [0.717, 1.165) is 12.8 Å². The van der Waals surface area contributed by atoms with Crippen LogP contribution in [0, 0.1) is 0 Å². The summed E-state index contributed by atoms with van der Waals surface area (Å²) < 4.78 is 31.4. The summed E-state index contributed by atoms with van der Waals surface area (Å²) in [6, 6.07) is 2.46. The Balaban J connectivity index is 2.31. The van der Waals surface area contributed by atoms with Crippen LogP contribution in [0.25, 0.3) is 0 Å². The first-order valence-electron chi connectivity index (χ1n) is 6.32. The van der Waals surface area contributed by atoms with Crippen LogP contribution in [0.5, 0.6) is 0 Å². The van der Waals surface area contributed by atoms with Crippen molar-refractivity contribution in [2.45, 2.75) is 31.1 Å². The Bertz CT molecular complexity index is 504. The molecule has 0 spiro atoms. The van der Waals surface area contributed by atoms with E-state index in [-0.39, 0.29) is 10.5 Å². The molecule has 0 saturated carbocycles. The zero-order valence-electron chi connectivity index (χ0n) is 11.0. The molecule has 0 aliphatic heterocycles. The summed E-state index contributed by atoms with van der Waals surface area (Å²) in [5.41, 5.74) is -0.330. The molecular formula is C12H20N2O4S. The third kappa shape index (κ3) is 6.00. The SMILES string of the molecule is CCCCOCCCNS(=O)(=O)c1ccc(=O)[nH]c1. The van der Waals surface area contributed by atoms with E-state index in [1.165, 1.54) is 18.3 Å². The van der Waals surface area contributed by atoms with Crippen LogP contribution < -0.4 is 10.3 Å². The molecule has 2 N–H and O–H groups in total. The second kappa shape index (κ2) is 8.08. The first-order valence-corrected chi connectivity index (χ1v) is 7.80. The van der Waals surface area contributed by atoms with Gasteiger partial charge in [0, 0.05) is 32.0 Å². The molecule has 19 heavy (non-hydrogen) atoms. The smallest absolute Gasteiger partial charge is 0.247 e. The van der Waals surface area contributed by atoms with Crippen LogP contribution in [-0.4, -0.2) is 33.2 Å². The Hall–Kier alpha value is -1.18. The van der Waals surface area contributed by atoms with Gasteiger partial charge in [0.25, 0.3) is 0 Å². The lowest BCUT2D eigenvalue weighted by Crippen LogP contribution is -2.26. The predicted molar refractivity (Wildman–Crippen MR) is 72.6 cm³/mol. The summed E-state index contributed by atoms with van der Waals surface area (Å²) in [7, 11) is -3.55. The van der Waals surface area contributed by atoms with Crippen molar-refractivity contribution in [3.05, 3.63) is 28.7 Å². The second-order valence-electron chi connectivity index (χ2n) is 4.11. The van der Waals surface area contributed by atoms with Gasteiger partial charge in [-0.15, -0.1) is 0 Å². The van der Waals surface area contributed by atoms with Crippen molar-refractivity contribution in [1.82, 2.24) is 9.71 Å². The van der Waals surface area contributed by atoms with E-state index in [2.05, 4.69) is 16.6 Å². The minimum atomic E-state index is -3.55. The molecule has 0 atom stereocenters. The minimum absolute atomic E-state index is 0.0546. The Morgan fingerprint density at radius 1 is 1.26 bits per heavy atom. The number of unbranched alkanes of at least 4 members (excludes halogenated alkanes) is 1. The lowest BCUT2D eigenvalue weighted by atomic mass is 10.4. The van der Waals surface area contributed by atoms with Crippen molar-refractivity contribution in [1.29, 1.82) is 0 Å². The molecule has 0 aliphatic carbocycles. The zero-order chi connectivity index (χ0) is 14.1. The molecule has 0 aromatic carbocycles. The van der Waals surface area contributed by atoms with Crippen molar-refractivity contribution >= 4 is 10.0 Å². The van der Waals surface area contributed by atoms with Crippen molar-refractivity contribution in [2.75, 3.05) is 19.8 Å². The fourth-order valence-corrected chi connectivity index (χ4v) is 2.42. The maximum Gasteiger partial charge on any atom is 0.247 e. The Morgan fingerprint density at radius 2 is 2.00 bits per heavy atom. The monoisotopic (exact) mass is 288 g/mol. The van der Waals surface area contributed by atoms with Crippen molar-refractivity contribution in [3.8, 4) is 0 Å². The Morgan fingerprint density at radius 3 is 2.63 bits per heavy atom. The van der Waals surface area contributed by atoms with Gasteiger partial charge in [0.15, 0.2) is 0 Å². The summed E-state index contributed by atoms with van der Waals surface area (Å²) in [5, 5.41) is 0. The molecular weight excluding hydrogens is 268 g/mol. The van der Waals surface area contributed by atoms with Crippen molar-refractivity contribution in [2.24, 2.45) is 0 Å². The quantitative estimate of drug-likeness (QED) is 0.660. The lowest BCUT2D eigenvalue weighted by Gasteiger charge is -2.06. The molecule has 0 bridgehead atoms. The van der Waals surface area contributed by atoms with E-state index in [0.29, 0.717) is 26.2 Å². The molecule has 1 aromatic heterocycles. The number of nitrogens with one attached hydrogen (secondary N) is 2. The van der Waals surface area contributed by atoms with Crippen LogP contribution in [-0.2, 0) is 14.8 Å². The fourth-order valence-electron chi connectivity index (χ4n) is 1.38. The lowest BCUT2D eigenvalue weighted by molar-refractivity contribution is 0.130. The van der Waals surface area contributed by atoms with E-state index in [9.17, 15) is 13.2 Å². The molecule has 0 amide bonds. The number of sulfonamides is 1. The molecule has 0 saturated heterocycles. The highest BCUT2D eigenvalue weighted by molar-refractivity contribution is 7.89. The average Bonchev–Trinajstić information content (AvgIpc) is 2.38. The third-order valence-corrected chi connectivity index (χ3v) is 3.92. The largest absolute Gasteiger partial charge is 0.381 e. The first-order chi connectivity index (χ1) is 9.06. The van der Waals surface area contributed by atoms with Gasteiger partial charge in [-0.25, -0.2) is 13.1 Å². The maximum absolute atomic E-state index is 11.8. The molecule has 1 aromatic rings. The molecule has 1 rings (SSSR count). The van der Waals surface area contributed by atoms with Gasteiger partial charge >= 0.3 is 0 Å². The Labute approximate surface area is 113 Å². The highest BCUT2D eigenvalue weighted by Crippen LogP contribution is 2.03. The molecule has 0 unspecified atom stereocenters. The summed E-state index contributed by atoms with van der Waals surface area (Å²) in [5.74, 6) is 0. The normalized spacial score (nSPS) is 11.6. The maximum atomic E-state index is 11.8. The number of H-pyrrole nitrogens is 1.